The fraction of sp³-hybridized carbons (Fsp3) is 0.900. The Balaban J connectivity index is 2.64. The van der Waals surface area contributed by atoms with Crippen LogP contribution in [0.2, 0.25) is 0 Å². The summed E-state index contributed by atoms with van der Waals surface area (Å²) in [4.78, 5) is 11.5. The number of hydrogen-bond acceptors (Lipinski definition) is 7. The molecule has 1 heterocycles. The van der Waals surface area contributed by atoms with Crippen LogP contribution in [-0.4, -0.2) is 80.6 Å². The van der Waals surface area contributed by atoms with Gasteiger partial charge in [-0.05, 0) is 0 Å². The minimum Gasteiger partial charge on any atom is -0.445 e. The van der Waals surface area contributed by atoms with Crippen molar-refractivity contribution in [3.05, 3.63) is 0 Å². The molecule has 1 aliphatic rings. The summed E-state index contributed by atoms with van der Waals surface area (Å²) in [7, 11) is 0. The van der Waals surface area contributed by atoms with Crippen LogP contribution in [-0.2, 0) is 9.47 Å². The van der Waals surface area contributed by atoms with Crippen LogP contribution in [0.5, 0.6) is 0 Å². The van der Waals surface area contributed by atoms with Crippen molar-refractivity contribution in [2.75, 3.05) is 19.8 Å². The third kappa shape index (κ3) is 5.57. The highest BCUT2D eigenvalue weighted by atomic mass is 35.6. The van der Waals surface area contributed by atoms with Gasteiger partial charge < -0.3 is 35.2 Å². The molecule has 1 amide bonds. The van der Waals surface area contributed by atoms with Gasteiger partial charge in [-0.3, -0.25) is 0 Å². The number of halogens is 3. The van der Waals surface area contributed by atoms with E-state index in [-0.39, 0.29) is 0 Å². The van der Waals surface area contributed by atoms with E-state index >= 15 is 0 Å². The van der Waals surface area contributed by atoms with Crippen molar-refractivity contribution < 1.29 is 34.7 Å². The molecule has 5 N–H and O–H groups in total. The maximum absolute atomic E-state index is 11.5. The van der Waals surface area contributed by atoms with Gasteiger partial charge in [0.2, 0.25) is 3.79 Å². The molecule has 0 aromatic heterocycles. The molecule has 5 atom stereocenters. The molecule has 3 unspecified atom stereocenters. The Labute approximate surface area is 135 Å². The van der Waals surface area contributed by atoms with E-state index in [1.54, 1.807) is 0 Å². The molecule has 1 saturated heterocycles. The third-order valence-corrected chi connectivity index (χ3v) is 3.19. The van der Waals surface area contributed by atoms with Crippen molar-refractivity contribution >= 4 is 40.9 Å². The molecule has 1 fully saturated rings. The maximum atomic E-state index is 11.5. The monoisotopic (exact) mass is 367 g/mol. The van der Waals surface area contributed by atoms with E-state index in [0.717, 1.165) is 0 Å². The van der Waals surface area contributed by atoms with Gasteiger partial charge in [0.05, 0.1) is 19.3 Å². The summed E-state index contributed by atoms with van der Waals surface area (Å²) in [5.74, 6) is 0. The molecule has 0 saturated carbocycles. The van der Waals surface area contributed by atoms with Gasteiger partial charge in [-0.15, -0.1) is 0 Å². The average molecular weight is 369 g/mol. The van der Waals surface area contributed by atoms with Gasteiger partial charge >= 0.3 is 6.09 Å². The molecule has 11 heteroatoms. The first-order valence-corrected chi connectivity index (χ1v) is 7.06. The van der Waals surface area contributed by atoms with E-state index in [1.807, 2.05) is 0 Å². The molecular formula is C10H16Cl3NO7. The predicted molar refractivity (Wildman–Crippen MR) is 73.4 cm³/mol. The SMILES string of the molecule is O=C(N[C@@H]1C(CO)OC(CO)[C@@H](O)C1O)OCC(Cl)(Cl)Cl. The summed E-state index contributed by atoms with van der Waals surface area (Å²) < 4.78 is 7.99. The predicted octanol–water partition coefficient (Wildman–Crippen LogP) is -1.07. The number of alkyl carbamates (subject to hydrolysis) is 1. The summed E-state index contributed by atoms with van der Waals surface area (Å²) in [6.07, 6.45) is -6.07. The van der Waals surface area contributed by atoms with Crippen molar-refractivity contribution in [1.82, 2.24) is 5.32 Å². The largest absolute Gasteiger partial charge is 0.445 e. The molecule has 1 rings (SSSR count). The Morgan fingerprint density at radius 2 is 1.71 bits per heavy atom. The lowest BCUT2D eigenvalue weighted by Crippen LogP contribution is -2.65. The second-order valence-corrected chi connectivity index (χ2v) is 6.94. The lowest BCUT2D eigenvalue weighted by Gasteiger charge is -2.41. The number of amides is 1. The summed E-state index contributed by atoms with van der Waals surface area (Å²) in [6.45, 7) is -1.65. The Kier molecular flexibility index (Phi) is 7.21. The van der Waals surface area contributed by atoms with E-state index < -0.39 is 60.2 Å². The fourth-order valence-corrected chi connectivity index (χ4v) is 2.02. The maximum Gasteiger partial charge on any atom is 0.407 e. The van der Waals surface area contributed by atoms with Crippen LogP contribution in [0.1, 0.15) is 0 Å². The Morgan fingerprint density at radius 1 is 1.14 bits per heavy atom. The molecule has 0 spiro atoms. The summed E-state index contributed by atoms with van der Waals surface area (Å²) >= 11 is 16.2. The average Bonchev–Trinajstić information content (AvgIpc) is 2.41. The zero-order valence-corrected chi connectivity index (χ0v) is 12.9. The second kappa shape index (κ2) is 7.98. The number of ether oxygens (including phenoxy) is 2. The minimum atomic E-state index is -1.79. The standard InChI is InChI=1S/C10H16Cl3NO7/c11-10(12,13)3-20-9(19)14-6-4(1-15)21-5(2-16)7(17)8(6)18/h4-8,15-18H,1-3H2,(H,14,19)/t4?,5?,6-,7-,8?/m1/s1. The second-order valence-electron chi connectivity index (χ2n) is 4.42. The first kappa shape index (κ1) is 19.0. The first-order chi connectivity index (χ1) is 9.69. The number of aliphatic hydroxyl groups excluding tert-OH is 4. The van der Waals surface area contributed by atoms with Crippen LogP contribution in [0.4, 0.5) is 4.79 Å². The molecule has 0 radical (unpaired) electrons. The zero-order valence-electron chi connectivity index (χ0n) is 10.7. The molecule has 0 bridgehead atoms. The molecule has 1 aliphatic heterocycles. The molecule has 0 aliphatic carbocycles. The number of carbonyl (C=O) groups excluding carboxylic acids is 1. The highest BCUT2D eigenvalue weighted by Gasteiger charge is 2.44. The van der Waals surface area contributed by atoms with Gasteiger partial charge in [0.25, 0.3) is 0 Å². The van der Waals surface area contributed by atoms with Gasteiger partial charge in [-0.25, -0.2) is 4.79 Å². The van der Waals surface area contributed by atoms with E-state index in [9.17, 15) is 20.1 Å². The van der Waals surface area contributed by atoms with Crippen LogP contribution >= 0.6 is 34.8 Å². The topological polar surface area (TPSA) is 128 Å². The van der Waals surface area contributed by atoms with Crippen molar-refractivity contribution in [2.24, 2.45) is 0 Å². The normalized spacial score (nSPS) is 33.6. The highest BCUT2D eigenvalue weighted by Crippen LogP contribution is 2.26. The number of aliphatic hydroxyl groups is 4. The Hall–Kier alpha value is -0.0600. The van der Waals surface area contributed by atoms with Crippen LogP contribution in [0.15, 0.2) is 0 Å². The van der Waals surface area contributed by atoms with Crippen LogP contribution in [0.3, 0.4) is 0 Å². The van der Waals surface area contributed by atoms with Gasteiger partial charge in [-0.2, -0.15) is 0 Å². The number of rotatable bonds is 4. The molecule has 21 heavy (non-hydrogen) atoms. The number of hydrogen-bond donors (Lipinski definition) is 5. The lowest BCUT2D eigenvalue weighted by molar-refractivity contribution is -0.200. The van der Waals surface area contributed by atoms with E-state index in [1.165, 1.54) is 0 Å². The van der Waals surface area contributed by atoms with Crippen molar-refractivity contribution in [1.29, 1.82) is 0 Å². The van der Waals surface area contributed by atoms with E-state index in [4.69, 9.17) is 44.6 Å². The smallest absolute Gasteiger partial charge is 0.407 e. The van der Waals surface area contributed by atoms with Gasteiger partial charge in [0, 0.05) is 0 Å². The van der Waals surface area contributed by atoms with Crippen LogP contribution in [0.25, 0.3) is 0 Å². The van der Waals surface area contributed by atoms with E-state index in [2.05, 4.69) is 10.1 Å². The summed E-state index contributed by atoms with van der Waals surface area (Å²) in [6, 6.07) is -1.16. The minimum absolute atomic E-state index is 0.529. The first-order valence-electron chi connectivity index (χ1n) is 5.93. The van der Waals surface area contributed by atoms with Gasteiger partial charge in [-0.1, -0.05) is 34.8 Å². The number of alkyl halides is 3. The zero-order chi connectivity index (χ0) is 16.2. The molecular weight excluding hydrogens is 352 g/mol. The van der Waals surface area contributed by atoms with Crippen molar-refractivity contribution in [3.63, 3.8) is 0 Å². The van der Waals surface area contributed by atoms with Crippen LogP contribution < -0.4 is 5.32 Å². The Bertz CT molecular complexity index is 352. The van der Waals surface area contributed by atoms with Gasteiger partial charge in [0.1, 0.15) is 31.0 Å². The quantitative estimate of drug-likeness (QED) is 0.399. The molecule has 0 aromatic rings. The lowest BCUT2D eigenvalue weighted by atomic mass is 9.93. The number of nitrogens with one attached hydrogen (secondary N) is 1. The number of carbonyl (C=O) groups is 1. The fourth-order valence-electron chi connectivity index (χ4n) is 1.85. The summed E-state index contributed by atoms with van der Waals surface area (Å²) in [5.41, 5.74) is 0. The Morgan fingerprint density at radius 3 is 2.19 bits per heavy atom. The third-order valence-electron chi connectivity index (χ3n) is 2.86. The van der Waals surface area contributed by atoms with Gasteiger partial charge in [0.15, 0.2) is 0 Å². The van der Waals surface area contributed by atoms with Crippen molar-refractivity contribution in [2.45, 2.75) is 34.3 Å². The van der Waals surface area contributed by atoms with E-state index in [0.29, 0.717) is 0 Å². The molecule has 124 valence electrons. The van der Waals surface area contributed by atoms with Crippen LogP contribution in [0, 0.1) is 0 Å². The highest BCUT2D eigenvalue weighted by molar-refractivity contribution is 6.67. The van der Waals surface area contributed by atoms with Crippen molar-refractivity contribution in [3.8, 4) is 0 Å². The molecule has 0 aromatic carbocycles. The summed E-state index contributed by atoms with van der Waals surface area (Å²) in [5, 5.41) is 40.0. The molecule has 8 nitrogen and oxygen atoms in total.